The molecule has 2 aromatic carbocycles. The van der Waals surface area contributed by atoms with E-state index in [4.69, 9.17) is 9.47 Å². The quantitative estimate of drug-likeness (QED) is 0.103. The minimum atomic E-state index is -0.625. The monoisotopic (exact) mass is 604 g/mol. The average Bonchev–Trinajstić information content (AvgIpc) is 3.50. The molecule has 0 spiro atoms. The van der Waals surface area contributed by atoms with Crippen LogP contribution in [0.15, 0.2) is 79.9 Å². The molecule has 0 aromatic heterocycles. The van der Waals surface area contributed by atoms with E-state index in [2.05, 4.69) is 23.8 Å². The van der Waals surface area contributed by atoms with Gasteiger partial charge in [-0.3, -0.25) is 14.4 Å². The maximum absolute atomic E-state index is 13.4. The Hall–Kier alpha value is -3.91. The van der Waals surface area contributed by atoms with Crippen molar-refractivity contribution in [1.82, 2.24) is 10.6 Å². The minimum Gasteiger partial charge on any atom is -0.489 e. The topological polar surface area (TPSA) is 114 Å². The van der Waals surface area contributed by atoms with Crippen LogP contribution >= 0.6 is 0 Å². The molecule has 1 aliphatic rings. The van der Waals surface area contributed by atoms with Crippen molar-refractivity contribution in [3.63, 3.8) is 0 Å². The summed E-state index contributed by atoms with van der Waals surface area (Å²) in [4.78, 5) is 38.7. The standard InChI is InChI=1S/C36H48N2O6/c1-3-5-6-10-16-34(41)44-27-36(21-11-12-22-36)38-35(42)30(13-4-2)24-33(40)37-31(25-39)23-28-17-19-32(20-18-28)43-26-29-14-8-7-9-15-29/h3-4,7-9,14-15,17-20,30-31,39H,1-2,5-6,10-13,16,21-27H2,(H,37,40)(H,38,42). The van der Waals surface area contributed by atoms with Crippen LogP contribution in [0.2, 0.25) is 0 Å². The number of hydrogen-bond acceptors (Lipinski definition) is 6. The Morgan fingerprint density at radius 2 is 1.68 bits per heavy atom. The Kier molecular flexibility index (Phi) is 14.7. The average molecular weight is 605 g/mol. The summed E-state index contributed by atoms with van der Waals surface area (Å²) in [6.07, 6.45) is 10.3. The highest BCUT2D eigenvalue weighted by molar-refractivity contribution is 5.86. The molecule has 1 saturated carbocycles. The second kappa shape index (κ2) is 18.7. The minimum absolute atomic E-state index is 0.0419. The zero-order valence-electron chi connectivity index (χ0n) is 25.8. The third-order valence-electron chi connectivity index (χ3n) is 7.99. The van der Waals surface area contributed by atoms with Crippen LogP contribution in [0.4, 0.5) is 0 Å². The molecule has 2 unspecified atom stereocenters. The van der Waals surface area contributed by atoms with Gasteiger partial charge in [0.1, 0.15) is 19.0 Å². The molecule has 8 nitrogen and oxygen atoms in total. The van der Waals surface area contributed by atoms with Crippen LogP contribution in [0.5, 0.6) is 5.75 Å². The van der Waals surface area contributed by atoms with Gasteiger partial charge in [0.25, 0.3) is 0 Å². The van der Waals surface area contributed by atoms with Crippen molar-refractivity contribution in [3.05, 3.63) is 91.0 Å². The molecule has 0 aliphatic heterocycles. The van der Waals surface area contributed by atoms with E-state index in [1.54, 1.807) is 6.08 Å². The fourth-order valence-corrected chi connectivity index (χ4v) is 5.47. The molecular weight excluding hydrogens is 556 g/mol. The lowest BCUT2D eigenvalue weighted by Crippen LogP contribution is -2.52. The van der Waals surface area contributed by atoms with Gasteiger partial charge in [-0.15, -0.1) is 13.2 Å². The van der Waals surface area contributed by atoms with Crippen LogP contribution < -0.4 is 15.4 Å². The maximum Gasteiger partial charge on any atom is 0.305 e. The molecule has 2 atom stereocenters. The number of ether oxygens (including phenoxy) is 2. The summed E-state index contributed by atoms with van der Waals surface area (Å²) >= 11 is 0. The van der Waals surface area contributed by atoms with Crippen molar-refractivity contribution in [1.29, 1.82) is 0 Å². The van der Waals surface area contributed by atoms with Gasteiger partial charge in [0.05, 0.1) is 24.1 Å². The van der Waals surface area contributed by atoms with Crippen molar-refractivity contribution in [3.8, 4) is 5.75 Å². The van der Waals surface area contributed by atoms with Gasteiger partial charge < -0.3 is 25.2 Å². The van der Waals surface area contributed by atoms with Gasteiger partial charge in [-0.2, -0.15) is 0 Å². The van der Waals surface area contributed by atoms with Crippen LogP contribution in [0.25, 0.3) is 0 Å². The molecule has 0 heterocycles. The molecule has 3 rings (SSSR count). The Bertz CT molecular complexity index is 1190. The van der Waals surface area contributed by atoms with Crippen molar-refractivity contribution in [2.24, 2.45) is 5.92 Å². The number of amides is 2. The molecule has 2 amide bonds. The molecule has 1 fully saturated rings. The lowest BCUT2D eigenvalue weighted by molar-refractivity contribution is -0.147. The summed E-state index contributed by atoms with van der Waals surface area (Å²) in [6, 6.07) is 17.0. The number of rotatable bonds is 20. The highest BCUT2D eigenvalue weighted by Crippen LogP contribution is 2.31. The smallest absolute Gasteiger partial charge is 0.305 e. The first-order valence-corrected chi connectivity index (χ1v) is 15.7. The predicted octanol–water partition coefficient (Wildman–Crippen LogP) is 5.59. The van der Waals surface area contributed by atoms with Crippen molar-refractivity contribution in [2.45, 2.75) is 88.8 Å². The first kappa shape index (κ1) is 34.6. The van der Waals surface area contributed by atoms with Gasteiger partial charge in [0.15, 0.2) is 0 Å². The summed E-state index contributed by atoms with van der Waals surface area (Å²) in [5, 5.41) is 16.0. The van der Waals surface area contributed by atoms with Crippen LogP contribution in [-0.4, -0.2) is 47.7 Å². The Morgan fingerprint density at radius 1 is 0.955 bits per heavy atom. The van der Waals surface area contributed by atoms with Crippen molar-refractivity contribution < 1.29 is 29.0 Å². The van der Waals surface area contributed by atoms with Gasteiger partial charge in [0.2, 0.25) is 11.8 Å². The van der Waals surface area contributed by atoms with Gasteiger partial charge in [-0.25, -0.2) is 0 Å². The van der Waals surface area contributed by atoms with Crippen LogP contribution in [0.1, 0.15) is 75.3 Å². The van der Waals surface area contributed by atoms with Crippen molar-refractivity contribution in [2.75, 3.05) is 13.2 Å². The lowest BCUT2D eigenvalue weighted by Gasteiger charge is -2.31. The SMILES string of the molecule is C=CCCCCC(=O)OCC1(NC(=O)C(CC=C)CC(=O)NC(CO)Cc2ccc(OCc3ccccc3)cc2)CCCC1. The Balaban J connectivity index is 1.49. The highest BCUT2D eigenvalue weighted by atomic mass is 16.5. The van der Waals surface area contributed by atoms with E-state index in [0.717, 1.165) is 61.8 Å². The molecule has 2 aromatic rings. The number of nitrogens with one attached hydrogen (secondary N) is 2. The molecule has 8 heteroatoms. The highest BCUT2D eigenvalue weighted by Gasteiger charge is 2.38. The van der Waals surface area contributed by atoms with Crippen LogP contribution in [-0.2, 0) is 32.1 Å². The van der Waals surface area contributed by atoms with Crippen LogP contribution in [0, 0.1) is 5.92 Å². The molecule has 1 aliphatic carbocycles. The molecule has 0 radical (unpaired) electrons. The number of aliphatic hydroxyl groups excluding tert-OH is 1. The van der Waals surface area contributed by atoms with E-state index in [1.807, 2.05) is 60.7 Å². The molecule has 238 valence electrons. The number of aliphatic hydroxyl groups is 1. The number of carbonyl (C=O) groups excluding carboxylic acids is 3. The summed E-state index contributed by atoms with van der Waals surface area (Å²) in [6.45, 7) is 7.83. The molecule has 0 bridgehead atoms. The van der Waals surface area contributed by atoms with E-state index in [1.165, 1.54) is 0 Å². The summed E-state index contributed by atoms with van der Waals surface area (Å²) in [5.41, 5.74) is 1.40. The number of benzene rings is 2. The zero-order valence-corrected chi connectivity index (χ0v) is 25.8. The lowest BCUT2D eigenvalue weighted by atomic mass is 9.94. The second-order valence-corrected chi connectivity index (χ2v) is 11.7. The van der Waals surface area contributed by atoms with Crippen LogP contribution in [0.3, 0.4) is 0 Å². The van der Waals surface area contributed by atoms with Gasteiger partial charge in [0, 0.05) is 12.8 Å². The molecule has 44 heavy (non-hydrogen) atoms. The number of esters is 1. The number of hydrogen-bond donors (Lipinski definition) is 3. The number of allylic oxidation sites excluding steroid dienone is 2. The third kappa shape index (κ3) is 12.0. The molecular formula is C36H48N2O6. The summed E-state index contributed by atoms with van der Waals surface area (Å²) < 4.78 is 11.4. The number of carbonyl (C=O) groups is 3. The van der Waals surface area contributed by atoms with E-state index >= 15 is 0 Å². The van der Waals surface area contributed by atoms with Crippen molar-refractivity contribution >= 4 is 17.8 Å². The third-order valence-corrected chi connectivity index (χ3v) is 7.99. The van der Waals surface area contributed by atoms with E-state index < -0.39 is 17.5 Å². The fraction of sp³-hybridized carbons (Fsp3) is 0.472. The maximum atomic E-state index is 13.4. The Labute approximate surface area is 261 Å². The summed E-state index contributed by atoms with van der Waals surface area (Å²) in [7, 11) is 0. The van der Waals surface area contributed by atoms with E-state index in [9.17, 15) is 19.5 Å². The predicted molar refractivity (Wildman–Crippen MR) is 172 cm³/mol. The normalized spacial score (nSPS) is 15.0. The fourth-order valence-electron chi connectivity index (χ4n) is 5.47. The van der Waals surface area contributed by atoms with Gasteiger partial charge in [-0.05, 0) is 68.2 Å². The van der Waals surface area contributed by atoms with Gasteiger partial charge in [-0.1, -0.05) is 67.5 Å². The zero-order chi connectivity index (χ0) is 31.6. The first-order chi connectivity index (χ1) is 21.4. The second-order valence-electron chi connectivity index (χ2n) is 11.7. The Morgan fingerprint density at radius 3 is 2.34 bits per heavy atom. The largest absolute Gasteiger partial charge is 0.489 e. The van der Waals surface area contributed by atoms with E-state index in [-0.39, 0.29) is 37.4 Å². The van der Waals surface area contributed by atoms with E-state index in [0.29, 0.717) is 25.9 Å². The molecule has 3 N–H and O–H groups in total. The van der Waals surface area contributed by atoms with Gasteiger partial charge >= 0.3 is 5.97 Å². The first-order valence-electron chi connectivity index (χ1n) is 15.7. The summed E-state index contributed by atoms with van der Waals surface area (Å²) in [5.74, 6) is -0.726. The molecule has 0 saturated heterocycles. The number of unbranched alkanes of at least 4 members (excludes halogenated alkanes) is 2.